The number of ether oxygens (including phenoxy) is 1. The van der Waals surface area contributed by atoms with E-state index in [2.05, 4.69) is 0 Å². The van der Waals surface area contributed by atoms with Crippen LogP contribution in [-0.2, 0) is 25.4 Å². The molecule has 6 heteroatoms. The van der Waals surface area contributed by atoms with Crippen LogP contribution in [0.25, 0.3) is 0 Å². The van der Waals surface area contributed by atoms with Crippen molar-refractivity contribution in [3.8, 4) is 5.75 Å². The lowest BCUT2D eigenvalue weighted by Gasteiger charge is -2.34. The minimum absolute atomic E-state index is 0. The maximum atomic E-state index is 11.8. The zero-order valence-corrected chi connectivity index (χ0v) is 13.7. The number of fused-ring (bicyclic) bond motifs is 1. The third-order valence-electron chi connectivity index (χ3n) is 4.14. The molecule has 1 aromatic heterocycles. The van der Waals surface area contributed by atoms with E-state index in [0.29, 0.717) is 0 Å². The van der Waals surface area contributed by atoms with Crippen LogP contribution in [0.4, 0.5) is 0 Å². The van der Waals surface area contributed by atoms with Gasteiger partial charge in [-0.2, -0.15) is 0 Å². The summed E-state index contributed by atoms with van der Waals surface area (Å²) in [6.07, 6.45) is 2.41. The second-order valence-electron chi connectivity index (χ2n) is 5.36. The summed E-state index contributed by atoms with van der Waals surface area (Å²) >= 11 is 1.32. The molecule has 0 fully saturated rings. The number of nitrogens with zero attached hydrogens (tertiary/aromatic N) is 1. The first kappa shape index (κ1) is 16.1. The summed E-state index contributed by atoms with van der Waals surface area (Å²) in [7, 11) is 3.50. The highest BCUT2D eigenvalue weighted by atomic mass is 35.5. The van der Waals surface area contributed by atoms with Crippen LogP contribution in [0, 0.1) is 0 Å². The summed E-state index contributed by atoms with van der Waals surface area (Å²) in [6.45, 7) is 0. The second-order valence-corrected chi connectivity index (χ2v) is 6.41. The van der Waals surface area contributed by atoms with E-state index in [9.17, 15) is 4.79 Å². The average molecular weight is 327 g/mol. The number of nitrogens with two attached hydrogens (primary N) is 1. The Kier molecular flexibility index (Phi) is 4.46. The topological polar surface area (TPSA) is 57.2 Å². The summed E-state index contributed by atoms with van der Waals surface area (Å²) < 4.78 is 7.03. The van der Waals surface area contributed by atoms with Crippen LogP contribution in [0.5, 0.6) is 5.75 Å². The van der Waals surface area contributed by atoms with Crippen molar-refractivity contribution in [1.82, 2.24) is 4.57 Å². The number of benzene rings is 1. The highest BCUT2D eigenvalue weighted by Crippen LogP contribution is 2.36. The van der Waals surface area contributed by atoms with Crippen molar-refractivity contribution in [2.75, 3.05) is 7.11 Å². The van der Waals surface area contributed by atoms with Crippen LogP contribution < -0.4 is 15.3 Å². The smallest absolute Gasteiger partial charge is 0.307 e. The molecule has 0 spiro atoms. The van der Waals surface area contributed by atoms with Gasteiger partial charge in [-0.3, -0.25) is 4.79 Å². The number of halogens is 1. The van der Waals surface area contributed by atoms with Gasteiger partial charge in [0.25, 0.3) is 0 Å². The molecule has 2 N–H and O–H groups in total. The Morgan fingerprint density at radius 1 is 1.43 bits per heavy atom. The van der Waals surface area contributed by atoms with Crippen molar-refractivity contribution in [3.05, 3.63) is 50.1 Å². The van der Waals surface area contributed by atoms with Gasteiger partial charge >= 0.3 is 4.87 Å². The molecule has 0 radical (unpaired) electrons. The monoisotopic (exact) mass is 326 g/mol. The van der Waals surface area contributed by atoms with Gasteiger partial charge in [0.15, 0.2) is 0 Å². The summed E-state index contributed by atoms with van der Waals surface area (Å²) in [5.41, 5.74) is 8.42. The zero-order chi connectivity index (χ0) is 14.3. The Morgan fingerprint density at radius 2 is 2.19 bits per heavy atom. The predicted octanol–water partition coefficient (Wildman–Crippen LogP) is 2.22. The van der Waals surface area contributed by atoms with Crippen LogP contribution in [-0.4, -0.2) is 11.7 Å². The van der Waals surface area contributed by atoms with E-state index in [1.54, 1.807) is 11.7 Å². The first-order valence-corrected chi connectivity index (χ1v) is 7.46. The molecule has 1 aliphatic rings. The summed E-state index contributed by atoms with van der Waals surface area (Å²) in [4.78, 5) is 13.0. The molecular formula is C15H19ClN2O2S. The minimum Gasteiger partial charge on any atom is -0.497 e. The van der Waals surface area contributed by atoms with E-state index in [1.165, 1.54) is 11.3 Å². The van der Waals surface area contributed by atoms with E-state index in [-0.39, 0.29) is 17.3 Å². The summed E-state index contributed by atoms with van der Waals surface area (Å²) in [6, 6.07) is 7.92. The molecule has 2 aromatic rings. The van der Waals surface area contributed by atoms with Crippen LogP contribution >= 0.6 is 23.7 Å². The van der Waals surface area contributed by atoms with Crippen LogP contribution in [0.1, 0.15) is 22.6 Å². The van der Waals surface area contributed by atoms with Gasteiger partial charge < -0.3 is 15.0 Å². The lowest BCUT2D eigenvalue weighted by atomic mass is 9.78. The van der Waals surface area contributed by atoms with Gasteiger partial charge in [0, 0.05) is 29.6 Å². The molecule has 0 aliphatic heterocycles. The lowest BCUT2D eigenvalue weighted by molar-refractivity contribution is 0.375. The fraction of sp³-hybridized carbons (Fsp3) is 0.400. The fourth-order valence-electron chi connectivity index (χ4n) is 2.87. The van der Waals surface area contributed by atoms with Crippen molar-refractivity contribution in [2.24, 2.45) is 12.8 Å². The van der Waals surface area contributed by atoms with Crippen LogP contribution in [0.3, 0.4) is 0 Å². The Bertz CT molecular complexity index is 710. The number of hydrogen-bond donors (Lipinski definition) is 1. The number of aromatic nitrogens is 1. The normalized spacial score (nSPS) is 20.5. The molecule has 0 bridgehead atoms. The Hall–Kier alpha value is -1.30. The Labute approximate surface area is 134 Å². The average Bonchev–Trinajstić information content (AvgIpc) is 2.73. The third kappa shape index (κ3) is 2.73. The van der Waals surface area contributed by atoms with Gasteiger partial charge in [-0.15, -0.1) is 12.4 Å². The molecule has 21 heavy (non-hydrogen) atoms. The van der Waals surface area contributed by atoms with Crippen molar-refractivity contribution in [1.29, 1.82) is 0 Å². The molecule has 1 aromatic carbocycles. The predicted molar refractivity (Wildman–Crippen MR) is 87.7 cm³/mol. The molecule has 1 unspecified atom stereocenters. The van der Waals surface area contributed by atoms with E-state index >= 15 is 0 Å². The first-order valence-electron chi connectivity index (χ1n) is 6.64. The van der Waals surface area contributed by atoms with Crippen molar-refractivity contribution >= 4 is 23.7 Å². The molecule has 0 saturated heterocycles. The van der Waals surface area contributed by atoms with Crippen molar-refractivity contribution in [2.45, 2.75) is 24.8 Å². The van der Waals surface area contributed by atoms with E-state index in [1.807, 2.05) is 31.3 Å². The largest absolute Gasteiger partial charge is 0.497 e. The quantitative estimate of drug-likeness (QED) is 0.920. The molecule has 0 amide bonds. The van der Waals surface area contributed by atoms with Crippen molar-refractivity contribution < 1.29 is 4.74 Å². The van der Waals surface area contributed by atoms with Gasteiger partial charge in [0.1, 0.15) is 5.75 Å². The highest BCUT2D eigenvalue weighted by molar-refractivity contribution is 7.09. The molecule has 4 nitrogen and oxygen atoms in total. The standard InChI is InChI=1S/C15H18N2O2S.ClH/c1-17-12-6-7-15(16,9-13(12)20-14(17)18)10-4-3-5-11(8-10)19-2;/h3-5,8H,6-7,9,16H2,1-2H3;1H. The Morgan fingerprint density at radius 3 is 2.90 bits per heavy atom. The fourth-order valence-corrected chi connectivity index (χ4v) is 4.02. The van der Waals surface area contributed by atoms with Gasteiger partial charge in [0.2, 0.25) is 0 Å². The van der Waals surface area contributed by atoms with E-state index < -0.39 is 5.54 Å². The summed E-state index contributed by atoms with van der Waals surface area (Å²) in [5, 5.41) is 0. The molecule has 0 saturated carbocycles. The van der Waals surface area contributed by atoms with E-state index in [0.717, 1.165) is 41.1 Å². The number of rotatable bonds is 2. The highest BCUT2D eigenvalue weighted by Gasteiger charge is 2.34. The lowest BCUT2D eigenvalue weighted by Crippen LogP contribution is -2.42. The molecular weight excluding hydrogens is 308 g/mol. The zero-order valence-electron chi connectivity index (χ0n) is 12.1. The van der Waals surface area contributed by atoms with Gasteiger partial charge in [-0.05, 0) is 30.5 Å². The van der Waals surface area contributed by atoms with Gasteiger partial charge in [0.05, 0.1) is 7.11 Å². The number of thiazole rings is 1. The molecule has 114 valence electrons. The number of hydrogen-bond acceptors (Lipinski definition) is 4. The minimum atomic E-state index is -0.411. The SMILES string of the molecule is COc1cccc(C2(N)CCc3c(sc(=O)n3C)C2)c1.Cl. The summed E-state index contributed by atoms with van der Waals surface area (Å²) in [5.74, 6) is 0.819. The molecule has 1 heterocycles. The maximum Gasteiger partial charge on any atom is 0.307 e. The van der Waals surface area contributed by atoms with Crippen LogP contribution in [0.2, 0.25) is 0 Å². The van der Waals surface area contributed by atoms with Gasteiger partial charge in [-0.1, -0.05) is 23.5 Å². The van der Waals surface area contributed by atoms with Gasteiger partial charge in [-0.25, -0.2) is 0 Å². The van der Waals surface area contributed by atoms with Crippen LogP contribution in [0.15, 0.2) is 29.1 Å². The number of methoxy groups -OCH3 is 1. The van der Waals surface area contributed by atoms with Crippen molar-refractivity contribution in [3.63, 3.8) is 0 Å². The molecule has 3 rings (SSSR count). The maximum absolute atomic E-state index is 11.8. The third-order valence-corrected chi connectivity index (χ3v) is 5.21. The first-order chi connectivity index (χ1) is 9.53. The molecule has 1 atom stereocenters. The molecule has 1 aliphatic carbocycles. The van der Waals surface area contributed by atoms with E-state index in [4.69, 9.17) is 10.5 Å². The Balaban J connectivity index is 0.00000161. The second kappa shape index (κ2) is 5.83.